The van der Waals surface area contributed by atoms with Crippen molar-refractivity contribution < 1.29 is 9.53 Å². The first-order valence-electron chi connectivity index (χ1n) is 10.7. The standard InChI is InChI=1S/C24H25N5O2S/c1-16-6-3-4-8-20(16)25-22(30)18-7-5-13-28(14-18)24-27-29-15-21(26-23(29)32-24)17-9-11-19(31-2)12-10-17/h3-4,6,8-12,15,18H,5,7,13-14H2,1-2H3,(H,25,30)/t18-/m1/s1. The van der Waals surface area contributed by atoms with Gasteiger partial charge in [0.25, 0.3) is 0 Å². The number of hydrogen-bond acceptors (Lipinski definition) is 6. The van der Waals surface area contributed by atoms with Gasteiger partial charge in [-0.1, -0.05) is 29.5 Å². The van der Waals surface area contributed by atoms with Crippen LogP contribution < -0.4 is 15.0 Å². The molecule has 1 atom stereocenters. The fourth-order valence-electron chi connectivity index (χ4n) is 4.03. The van der Waals surface area contributed by atoms with Gasteiger partial charge in [-0.2, -0.15) is 0 Å². The van der Waals surface area contributed by atoms with Gasteiger partial charge in [-0.15, -0.1) is 5.10 Å². The number of para-hydroxylation sites is 1. The molecule has 5 rings (SSSR count). The third kappa shape index (κ3) is 4.05. The molecule has 1 fully saturated rings. The molecule has 0 radical (unpaired) electrons. The van der Waals surface area contributed by atoms with E-state index in [0.717, 1.165) is 57.7 Å². The molecule has 32 heavy (non-hydrogen) atoms. The van der Waals surface area contributed by atoms with Crippen LogP contribution in [-0.2, 0) is 4.79 Å². The fraction of sp³-hybridized carbons (Fsp3) is 0.292. The van der Waals surface area contributed by atoms with E-state index in [-0.39, 0.29) is 11.8 Å². The van der Waals surface area contributed by atoms with E-state index in [1.807, 2.05) is 66.2 Å². The summed E-state index contributed by atoms with van der Waals surface area (Å²) < 4.78 is 7.06. The van der Waals surface area contributed by atoms with Crippen LogP contribution in [0.15, 0.2) is 54.7 Å². The molecule has 2 aromatic heterocycles. The zero-order valence-electron chi connectivity index (χ0n) is 18.1. The summed E-state index contributed by atoms with van der Waals surface area (Å²) in [7, 11) is 1.66. The Balaban J connectivity index is 1.29. The van der Waals surface area contributed by atoms with Gasteiger partial charge in [0.1, 0.15) is 5.75 Å². The lowest BCUT2D eigenvalue weighted by Gasteiger charge is -2.31. The molecule has 0 unspecified atom stereocenters. The number of carbonyl (C=O) groups is 1. The second-order valence-corrected chi connectivity index (χ2v) is 8.99. The molecule has 1 saturated heterocycles. The first-order chi connectivity index (χ1) is 15.6. The number of anilines is 2. The molecule has 1 aliphatic heterocycles. The number of piperidine rings is 1. The minimum Gasteiger partial charge on any atom is -0.497 e. The second-order valence-electron chi connectivity index (χ2n) is 8.06. The van der Waals surface area contributed by atoms with Gasteiger partial charge >= 0.3 is 0 Å². The van der Waals surface area contributed by atoms with Crippen molar-refractivity contribution in [3.8, 4) is 17.0 Å². The Morgan fingerprint density at radius 1 is 1.19 bits per heavy atom. The van der Waals surface area contributed by atoms with Gasteiger partial charge in [0.2, 0.25) is 16.0 Å². The van der Waals surface area contributed by atoms with Crippen LogP contribution in [0.4, 0.5) is 10.8 Å². The molecule has 3 heterocycles. The maximum absolute atomic E-state index is 12.9. The van der Waals surface area contributed by atoms with Crippen LogP contribution in [-0.4, -0.2) is 40.7 Å². The lowest BCUT2D eigenvalue weighted by atomic mass is 9.97. The fourth-order valence-corrected chi connectivity index (χ4v) is 4.95. The molecule has 0 spiro atoms. The van der Waals surface area contributed by atoms with E-state index in [1.165, 1.54) is 0 Å². The third-order valence-corrected chi connectivity index (χ3v) is 6.87. The van der Waals surface area contributed by atoms with Crippen molar-refractivity contribution >= 4 is 33.0 Å². The minimum atomic E-state index is -0.0607. The number of benzene rings is 2. The van der Waals surface area contributed by atoms with E-state index in [4.69, 9.17) is 14.8 Å². The molecule has 0 aliphatic carbocycles. The molecule has 7 nitrogen and oxygen atoms in total. The summed E-state index contributed by atoms with van der Waals surface area (Å²) >= 11 is 1.56. The number of methoxy groups -OCH3 is 1. The summed E-state index contributed by atoms with van der Waals surface area (Å²) in [5.74, 6) is 0.836. The Hall–Kier alpha value is -3.39. The number of hydrogen-bond donors (Lipinski definition) is 1. The number of nitrogens with one attached hydrogen (secondary N) is 1. The molecular formula is C24H25N5O2S. The topological polar surface area (TPSA) is 71.8 Å². The highest BCUT2D eigenvalue weighted by atomic mass is 32.1. The summed E-state index contributed by atoms with van der Waals surface area (Å²) in [4.78, 5) is 20.7. The predicted molar refractivity (Wildman–Crippen MR) is 128 cm³/mol. The molecule has 2 aromatic carbocycles. The Labute approximate surface area is 190 Å². The highest BCUT2D eigenvalue weighted by molar-refractivity contribution is 7.20. The SMILES string of the molecule is COc1ccc(-c2cn3nc(N4CCC[C@@H](C(=O)Nc5ccccc5C)C4)sc3n2)cc1. The number of rotatable bonds is 5. The molecule has 1 aliphatic rings. The number of aromatic nitrogens is 3. The van der Waals surface area contributed by atoms with Gasteiger partial charge in [-0.25, -0.2) is 9.50 Å². The Morgan fingerprint density at radius 2 is 2.00 bits per heavy atom. The van der Waals surface area contributed by atoms with Crippen molar-refractivity contribution in [1.29, 1.82) is 0 Å². The van der Waals surface area contributed by atoms with Crippen LogP contribution >= 0.6 is 11.3 Å². The van der Waals surface area contributed by atoms with Crippen LogP contribution in [0.5, 0.6) is 5.75 Å². The summed E-state index contributed by atoms with van der Waals surface area (Å²) in [5.41, 5.74) is 3.86. The lowest BCUT2D eigenvalue weighted by molar-refractivity contribution is -0.120. The Morgan fingerprint density at radius 3 is 2.75 bits per heavy atom. The van der Waals surface area contributed by atoms with Crippen molar-refractivity contribution in [2.45, 2.75) is 19.8 Å². The van der Waals surface area contributed by atoms with E-state index in [2.05, 4.69) is 10.2 Å². The molecule has 164 valence electrons. The molecule has 0 saturated carbocycles. The summed E-state index contributed by atoms with van der Waals surface area (Å²) in [5, 5.41) is 8.75. The summed E-state index contributed by atoms with van der Waals surface area (Å²) in [6.45, 7) is 3.57. The molecule has 0 bridgehead atoms. The number of aryl methyl sites for hydroxylation is 1. The van der Waals surface area contributed by atoms with Crippen LogP contribution in [0.25, 0.3) is 16.2 Å². The highest BCUT2D eigenvalue weighted by Gasteiger charge is 2.28. The van der Waals surface area contributed by atoms with Gasteiger partial charge in [0, 0.05) is 24.3 Å². The highest BCUT2D eigenvalue weighted by Crippen LogP contribution is 2.30. The van der Waals surface area contributed by atoms with Crippen molar-refractivity contribution in [2.75, 3.05) is 30.4 Å². The molecule has 8 heteroatoms. The lowest BCUT2D eigenvalue weighted by Crippen LogP contribution is -2.40. The number of fused-ring (bicyclic) bond motifs is 1. The van der Waals surface area contributed by atoms with E-state index in [9.17, 15) is 4.79 Å². The van der Waals surface area contributed by atoms with Crippen molar-refractivity contribution in [3.63, 3.8) is 0 Å². The zero-order chi connectivity index (χ0) is 22.1. The van der Waals surface area contributed by atoms with Crippen LogP contribution in [0.2, 0.25) is 0 Å². The summed E-state index contributed by atoms with van der Waals surface area (Å²) in [6, 6.07) is 15.7. The largest absolute Gasteiger partial charge is 0.497 e. The average molecular weight is 448 g/mol. The first-order valence-corrected chi connectivity index (χ1v) is 11.5. The van der Waals surface area contributed by atoms with E-state index in [1.54, 1.807) is 18.4 Å². The first kappa shape index (κ1) is 20.5. The molecular weight excluding hydrogens is 422 g/mol. The normalized spacial score (nSPS) is 16.3. The number of nitrogens with zero attached hydrogens (tertiary/aromatic N) is 4. The van der Waals surface area contributed by atoms with Crippen LogP contribution in [0.1, 0.15) is 18.4 Å². The maximum atomic E-state index is 12.9. The van der Waals surface area contributed by atoms with E-state index >= 15 is 0 Å². The van der Waals surface area contributed by atoms with Crippen LogP contribution in [0, 0.1) is 12.8 Å². The third-order valence-electron chi connectivity index (χ3n) is 5.88. The predicted octanol–water partition coefficient (Wildman–Crippen LogP) is 4.63. The van der Waals surface area contributed by atoms with Crippen molar-refractivity contribution in [3.05, 3.63) is 60.3 Å². The minimum absolute atomic E-state index is 0.0607. The van der Waals surface area contributed by atoms with Gasteiger partial charge in [0.15, 0.2) is 0 Å². The smallest absolute Gasteiger partial charge is 0.229 e. The number of imidazole rings is 1. The Bertz CT molecular complexity index is 1220. The average Bonchev–Trinajstić information content (AvgIpc) is 3.40. The maximum Gasteiger partial charge on any atom is 0.229 e. The van der Waals surface area contributed by atoms with Gasteiger partial charge in [0.05, 0.1) is 24.9 Å². The van der Waals surface area contributed by atoms with Crippen LogP contribution in [0.3, 0.4) is 0 Å². The second kappa shape index (κ2) is 8.63. The summed E-state index contributed by atoms with van der Waals surface area (Å²) in [6.07, 6.45) is 3.80. The van der Waals surface area contributed by atoms with E-state index < -0.39 is 0 Å². The van der Waals surface area contributed by atoms with Gasteiger partial charge in [-0.05, 0) is 55.7 Å². The zero-order valence-corrected chi connectivity index (χ0v) is 18.9. The van der Waals surface area contributed by atoms with E-state index in [0.29, 0.717) is 6.54 Å². The number of ether oxygens (including phenoxy) is 1. The van der Waals surface area contributed by atoms with Crippen molar-refractivity contribution in [2.24, 2.45) is 5.92 Å². The quantitative estimate of drug-likeness (QED) is 0.483. The molecule has 1 N–H and O–H groups in total. The van der Waals surface area contributed by atoms with Gasteiger partial charge in [-0.3, -0.25) is 4.79 Å². The number of carbonyl (C=O) groups excluding carboxylic acids is 1. The molecule has 4 aromatic rings. The van der Waals surface area contributed by atoms with Gasteiger partial charge < -0.3 is 15.0 Å². The molecule has 1 amide bonds. The number of amides is 1. The Kier molecular flexibility index (Phi) is 5.53. The van der Waals surface area contributed by atoms with Crippen molar-refractivity contribution in [1.82, 2.24) is 14.6 Å². The monoisotopic (exact) mass is 447 g/mol.